The number of carbonyl (C=O) groups is 1. The number of hydrogen-bond donors (Lipinski definition) is 2. The Morgan fingerprint density at radius 2 is 2.23 bits per heavy atom. The van der Waals surface area contributed by atoms with Crippen molar-refractivity contribution < 1.29 is 9.90 Å². The Balaban J connectivity index is 1.69. The number of aromatic amines is 1. The van der Waals surface area contributed by atoms with Crippen LogP contribution in [0.3, 0.4) is 0 Å². The maximum absolute atomic E-state index is 11.3. The zero-order chi connectivity index (χ0) is 15.1. The molecule has 1 atom stereocenters. The monoisotopic (exact) mass is 301 g/mol. The van der Waals surface area contributed by atoms with Crippen molar-refractivity contribution in [3.63, 3.8) is 0 Å². The van der Waals surface area contributed by atoms with Crippen molar-refractivity contribution in [2.24, 2.45) is 5.92 Å². The van der Waals surface area contributed by atoms with Crippen LogP contribution in [-0.4, -0.2) is 50.2 Å². The van der Waals surface area contributed by atoms with Crippen molar-refractivity contribution in [2.75, 3.05) is 18.1 Å². The molecule has 2 aromatic rings. The largest absolute Gasteiger partial charge is 0.481 e. The number of nitrogens with one attached hydrogen (secondary N) is 1. The SMILES string of the molecule is O=C(O)C1CCCN(N(c2ncnc3[nH]ccc23)C2CC2)C1. The minimum Gasteiger partial charge on any atom is -0.481 e. The van der Waals surface area contributed by atoms with Gasteiger partial charge in [-0.25, -0.2) is 15.0 Å². The molecule has 2 aromatic heterocycles. The maximum Gasteiger partial charge on any atom is 0.307 e. The van der Waals surface area contributed by atoms with E-state index in [0.717, 1.165) is 49.1 Å². The van der Waals surface area contributed by atoms with E-state index in [-0.39, 0.29) is 5.92 Å². The Kier molecular flexibility index (Phi) is 3.22. The minimum atomic E-state index is -0.699. The summed E-state index contributed by atoms with van der Waals surface area (Å²) in [6.07, 6.45) is 7.36. The van der Waals surface area contributed by atoms with Crippen molar-refractivity contribution in [3.05, 3.63) is 18.6 Å². The molecule has 116 valence electrons. The number of rotatable bonds is 4. The number of carboxylic acids is 1. The third-order valence-corrected chi connectivity index (χ3v) is 4.50. The van der Waals surface area contributed by atoms with Crippen molar-refractivity contribution >= 4 is 22.8 Å². The lowest BCUT2D eigenvalue weighted by Gasteiger charge is -2.40. The molecule has 1 saturated heterocycles. The molecule has 1 aliphatic carbocycles. The average molecular weight is 301 g/mol. The molecule has 7 nitrogen and oxygen atoms in total. The summed E-state index contributed by atoms with van der Waals surface area (Å²) in [7, 11) is 0. The summed E-state index contributed by atoms with van der Waals surface area (Å²) in [5.74, 6) is -0.103. The van der Waals surface area contributed by atoms with Gasteiger partial charge in [-0.3, -0.25) is 9.80 Å². The average Bonchev–Trinajstić information content (AvgIpc) is 3.24. The number of aromatic nitrogens is 3. The summed E-state index contributed by atoms with van der Waals surface area (Å²) in [5.41, 5.74) is 0.822. The van der Waals surface area contributed by atoms with Crippen molar-refractivity contribution in [3.8, 4) is 0 Å². The molecular weight excluding hydrogens is 282 g/mol. The Hall–Kier alpha value is -2.15. The predicted molar refractivity (Wildman–Crippen MR) is 81.3 cm³/mol. The molecule has 2 N–H and O–H groups in total. The quantitative estimate of drug-likeness (QED) is 0.893. The molecule has 1 saturated carbocycles. The second-order valence-corrected chi connectivity index (χ2v) is 6.10. The summed E-state index contributed by atoms with van der Waals surface area (Å²) < 4.78 is 0. The zero-order valence-corrected chi connectivity index (χ0v) is 12.3. The fourth-order valence-corrected chi connectivity index (χ4v) is 3.25. The Bertz CT molecular complexity index is 696. The van der Waals surface area contributed by atoms with Gasteiger partial charge in [0.05, 0.1) is 11.3 Å². The maximum atomic E-state index is 11.3. The first-order valence-electron chi connectivity index (χ1n) is 7.79. The molecule has 7 heteroatoms. The number of hydrazine groups is 1. The number of fused-ring (bicyclic) bond motifs is 1. The molecular formula is C15H19N5O2. The van der Waals surface area contributed by atoms with Crippen LogP contribution in [0.1, 0.15) is 25.7 Å². The number of H-pyrrole nitrogens is 1. The number of carboxylic acid groups (broad SMARTS) is 1. The topological polar surface area (TPSA) is 85.3 Å². The fourth-order valence-electron chi connectivity index (χ4n) is 3.25. The van der Waals surface area contributed by atoms with Crippen LogP contribution in [-0.2, 0) is 4.79 Å². The lowest BCUT2D eigenvalue weighted by molar-refractivity contribution is -0.143. The standard InChI is InChI=1S/C15H19N5O2/c21-15(22)10-2-1-7-19(8-10)20(11-3-4-11)14-12-5-6-16-13(12)17-9-18-14/h5-6,9-11H,1-4,7-8H2,(H,21,22)(H,16,17,18). The van der Waals surface area contributed by atoms with Crippen LogP contribution >= 0.6 is 0 Å². The van der Waals surface area contributed by atoms with E-state index < -0.39 is 5.97 Å². The number of anilines is 1. The highest BCUT2D eigenvalue weighted by Gasteiger charge is 2.38. The van der Waals surface area contributed by atoms with Crippen LogP contribution in [0.4, 0.5) is 5.82 Å². The predicted octanol–water partition coefficient (Wildman–Crippen LogP) is 1.64. The van der Waals surface area contributed by atoms with Crippen LogP contribution in [0.15, 0.2) is 18.6 Å². The van der Waals surface area contributed by atoms with Crippen LogP contribution in [0.25, 0.3) is 11.0 Å². The highest BCUT2D eigenvalue weighted by atomic mass is 16.4. The highest BCUT2D eigenvalue weighted by molar-refractivity contribution is 5.87. The molecule has 4 rings (SSSR count). The third-order valence-electron chi connectivity index (χ3n) is 4.50. The van der Waals surface area contributed by atoms with Crippen LogP contribution in [0.5, 0.6) is 0 Å². The number of aliphatic carboxylic acids is 1. The van der Waals surface area contributed by atoms with Crippen LogP contribution in [0.2, 0.25) is 0 Å². The smallest absolute Gasteiger partial charge is 0.307 e. The van der Waals surface area contributed by atoms with Gasteiger partial charge in [-0.2, -0.15) is 0 Å². The van der Waals surface area contributed by atoms with Gasteiger partial charge >= 0.3 is 5.97 Å². The second kappa shape index (κ2) is 5.24. The van der Waals surface area contributed by atoms with E-state index in [1.54, 1.807) is 6.33 Å². The van der Waals surface area contributed by atoms with Crippen molar-refractivity contribution in [1.29, 1.82) is 0 Å². The van der Waals surface area contributed by atoms with Gasteiger partial charge in [0, 0.05) is 25.3 Å². The van der Waals surface area contributed by atoms with Crippen LogP contribution in [0, 0.1) is 5.92 Å². The zero-order valence-electron chi connectivity index (χ0n) is 12.3. The normalized spacial score (nSPS) is 22.8. The van der Waals surface area contributed by atoms with Gasteiger partial charge in [0.1, 0.15) is 12.0 Å². The molecule has 0 aromatic carbocycles. The van der Waals surface area contributed by atoms with Gasteiger partial charge in [0.25, 0.3) is 0 Å². The summed E-state index contributed by atoms with van der Waals surface area (Å²) >= 11 is 0. The minimum absolute atomic E-state index is 0.293. The molecule has 1 unspecified atom stereocenters. The number of hydrogen-bond acceptors (Lipinski definition) is 5. The fraction of sp³-hybridized carbons (Fsp3) is 0.533. The summed E-state index contributed by atoms with van der Waals surface area (Å²) in [4.78, 5) is 23.2. The van der Waals surface area contributed by atoms with Gasteiger partial charge in [-0.05, 0) is 31.7 Å². The Morgan fingerprint density at radius 3 is 3.00 bits per heavy atom. The van der Waals surface area contributed by atoms with E-state index in [9.17, 15) is 9.90 Å². The Labute approximate surface area is 127 Å². The lowest BCUT2D eigenvalue weighted by Crippen LogP contribution is -2.51. The summed E-state index contributed by atoms with van der Waals surface area (Å²) in [5, 5.41) is 14.7. The summed E-state index contributed by atoms with van der Waals surface area (Å²) in [6, 6.07) is 2.42. The second-order valence-electron chi connectivity index (χ2n) is 6.10. The molecule has 1 aliphatic heterocycles. The molecule has 22 heavy (non-hydrogen) atoms. The van der Waals surface area contributed by atoms with Gasteiger partial charge in [-0.15, -0.1) is 0 Å². The van der Waals surface area contributed by atoms with E-state index in [2.05, 4.69) is 25.0 Å². The first kappa shape index (κ1) is 13.5. The summed E-state index contributed by atoms with van der Waals surface area (Å²) in [6.45, 7) is 1.44. The molecule has 3 heterocycles. The molecule has 0 amide bonds. The van der Waals surface area contributed by atoms with E-state index in [0.29, 0.717) is 12.6 Å². The number of nitrogens with zero attached hydrogens (tertiary/aromatic N) is 4. The van der Waals surface area contributed by atoms with Gasteiger partial charge in [0.2, 0.25) is 0 Å². The van der Waals surface area contributed by atoms with Crippen molar-refractivity contribution in [2.45, 2.75) is 31.7 Å². The first-order chi connectivity index (χ1) is 10.7. The lowest BCUT2D eigenvalue weighted by atomic mass is 9.99. The van der Waals surface area contributed by atoms with Crippen LogP contribution < -0.4 is 5.01 Å². The molecule has 0 spiro atoms. The third kappa shape index (κ3) is 2.31. The number of piperidine rings is 1. The van der Waals surface area contributed by atoms with Gasteiger partial charge in [0.15, 0.2) is 5.82 Å². The van der Waals surface area contributed by atoms with E-state index >= 15 is 0 Å². The highest BCUT2D eigenvalue weighted by Crippen LogP contribution is 2.36. The first-order valence-corrected chi connectivity index (χ1v) is 7.79. The van der Waals surface area contributed by atoms with E-state index in [1.165, 1.54) is 0 Å². The van der Waals surface area contributed by atoms with Gasteiger partial charge < -0.3 is 10.1 Å². The Morgan fingerprint density at radius 1 is 1.36 bits per heavy atom. The van der Waals surface area contributed by atoms with Gasteiger partial charge in [-0.1, -0.05) is 0 Å². The van der Waals surface area contributed by atoms with E-state index in [4.69, 9.17) is 0 Å². The van der Waals surface area contributed by atoms with E-state index in [1.807, 2.05) is 12.3 Å². The molecule has 0 radical (unpaired) electrons. The molecule has 2 fully saturated rings. The van der Waals surface area contributed by atoms with Crippen molar-refractivity contribution in [1.82, 2.24) is 20.0 Å². The molecule has 0 bridgehead atoms. The molecule has 2 aliphatic rings.